The van der Waals surface area contributed by atoms with Crippen LogP contribution in [0, 0.1) is 11.5 Å². The molecule has 0 fully saturated rings. The van der Waals surface area contributed by atoms with Crippen molar-refractivity contribution in [1.82, 2.24) is 4.90 Å². The number of nitrogens with zero attached hydrogens (tertiary/aromatic N) is 1. The molecule has 0 unspecified atom stereocenters. The SMILES string of the molecule is C[Si](C)(C)C#CCOC(=O)C(=O)N1C(=O)C=CC1=O. The Hall–Kier alpha value is -2.20. The second kappa shape index (κ2) is 5.62. The highest BCUT2D eigenvalue weighted by atomic mass is 28.3. The van der Waals surface area contributed by atoms with Crippen molar-refractivity contribution in [1.29, 1.82) is 0 Å². The molecule has 1 aliphatic rings. The minimum absolute atomic E-state index is 0.230. The molecule has 1 heterocycles. The molecule has 7 heteroatoms. The van der Waals surface area contributed by atoms with Gasteiger partial charge >= 0.3 is 11.9 Å². The molecule has 19 heavy (non-hydrogen) atoms. The molecule has 0 atom stereocenters. The van der Waals surface area contributed by atoms with Crippen molar-refractivity contribution >= 4 is 31.8 Å². The summed E-state index contributed by atoms with van der Waals surface area (Å²) >= 11 is 0. The zero-order valence-corrected chi connectivity index (χ0v) is 11.9. The Morgan fingerprint density at radius 2 is 1.74 bits per heavy atom. The number of carbonyl (C=O) groups excluding carboxylic acids is 4. The molecule has 0 radical (unpaired) electrons. The van der Waals surface area contributed by atoms with Crippen molar-refractivity contribution in [3.63, 3.8) is 0 Å². The molecule has 0 bridgehead atoms. The van der Waals surface area contributed by atoms with Crippen molar-refractivity contribution in [2.45, 2.75) is 19.6 Å². The smallest absolute Gasteiger partial charge is 0.398 e. The summed E-state index contributed by atoms with van der Waals surface area (Å²) in [6.45, 7) is 5.80. The van der Waals surface area contributed by atoms with Crippen LogP contribution < -0.4 is 0 Å². The minimum atomic E-state index is -1.57. The van der Waals surface area contributed by atoms with Gasteiger partial charge in [-0.2, -0.15) is 0 Å². The number of ether oxygens (including phenoxy) is 1. The van der Waals surface area contributed by atoms with Gasteiger partial charge in [-0.15, -0.1) is 5.54 Å². The van der Waals surface area contributed by atoms with Gasteiger partial charge in [0.05, 0.1) is 0 Å². The van der Waals surface area contributed by atoms with E-state index in [2.05, 4.69) is 16.2 Å². The summed E-state index contributed by atoms with van der Waals surface area (Å²) < 4.78 is 4.59. The molecular weight excluding hydrogens is 266 g/mol. The van der Waals surface area contributed by atoms with Crippen LogP contribution in [-0.4, -0.2) is 43.3 Å². The first-order chi connectivity index (χ1) is 8.72. The fraction of sp³-hybridized carbons (Fsp3) is 0.333. The average molecular weight is 279 g/mol. The number of imide groups is 3. The monoisotopic (exact) mass is 279 g/mol. The summed E-state index contributed by atoms with van der Waals surface area (Å²) in [5.41, 5.74) is 2.94. The normalized spacial score (nSPS) is 14.2. The number of esters is 1. The number of carbonyl (C=O) groups is 4. The van der Waals surface area contributed by atoms with E-state index >= 15 is 0 Å². The summed E-state index contributed by atoms with van der Waals surface area (Å²) in [5.74, 6) is -1.62. The Morgan fingerprint density at radius 3 is 2.21 bits per heavy atom. The maximum atomic E-state index is 11.5. The third-order valence-corrected chi connectivity index (χ3v) is 2.85. The summed E-state index contributed by atoms with van der Waals surface area (Å²) in [6.07, 6.45) is 1.83. The third kappa shape index (κ3) is 4.19. The minimum Gasteiger partial charge on any atom is -0.445 e. The van der Waals surface area contributed by atoms with Gasteiger partial charge in [0.2, 0.25) is 0 Å². The van der Waals surface area contributed by atoms with Crippen LogP contribution in [-0.2, 0) is 23.9 Å². The van der Waals surface area contributed by atoms with E-state index in [1.165, 1.54) is 0 Å². The van der Waals surface area contributed by atoms with E-state index in [1.54, 1.807) is 0 Å². The van der Waals surface area contributed by atoms with Gasteiger partial charge in [-0.25, -0.2) is 9.69 Å². The largest absolute Gasteiger partial charge is 0.445 e. The fourth-order valence-electron chi connectivity index (χ4n) is 1.16. The molecule has 0 N–H and O–H groups in total. The summed E-state index contributed by atoms with van der Waals surface area (Å²) in [6, 6.07) is 0. The van der Waals surface area contributed by atoms with Gasteiger partial charge in [-0.05, 0) is 0 Å². The quantitative estimate of drug-likeness (QED) is 0.219. The van der Waals surface area contributed by atoms with E-state index in [-0.39, 0.29) is 11.5 Å². The standard InChI is InChI=1S/C12H13NO5Si/c1-19(2,3)8-4-7-18-12(17)11(16)13-9(14)5-6-10(13)15/h5-6H,7H2,1-3H3. The van der Waals surface area contributed by atoms with Crippen LogP contribution in [0.15, 0.2) is 12.2 Å². The van der Waals surface area contributed by atoms with E-state index in [0.29, 0.717) is 0 Å². The van der Waals surface area contributed by atoms with Gasteiger partial charge in [0.15, 0.2) is 6.61 Å². The topological polar surface area (TPSA) is 80.8 Å². The molecule has 6 nitrogen and oxygen atoms in total. The van der Waals surface area contributed by atoms with Crippen molar-refractivity contribution < 1.29 is 23.9 Å². The first kappa shape index (κ1) is 14.9. The van der Waals surface area contributed by atoms with Gasteiger partial charge in [0, 0.05) is 12.2 Å². The van der Waals surface area contributed by atoms with Crippen LogP contribution in [0.1, 0.15) is 0 Å². The molecule has 0 aliphatic carbocycles. The lowest BCUT2D eigenvalue weighted by atomic mass is 10.5. The highest BCUT2D eigenvalue weighted by Gasteiger charge is 2.35. The van der Waals surface area contributed by atoms with Gasteiger partial charge < -0.3 is 4.74 Å². The van der Waals surface area contributed by atoms with E-state index in [1.807, 2.05) is 19.6 Å². The second-order valence-corrected chi connectivity index (χ2v) is 9.53. The summed E-state index contributed by atoms with van der Waals surface area (Å²) in [7, 11) is -1.57. The summed E-state index contributed by atoms with van der Waals surface area (Å²) in [4.78, 5) is 45.4. The molecule has 0 aromatic heterocycles. The van der Waals surface area contributed by atoms with Crippen LogP contribution in [0.3, 0.4) is 0 Å². The number of rotatable bonds is 1. The molecule has 0 aromatic rings. The number of amides is 3. The van der Waals surface area contributed by atoms with Crippen LogP contribution in [0.5, 0.6) is 0 Å². The average Bonchev–Trinajstić information content (AvgIpc) is 2.62. The van der Waals surface area contributed by atoms with Gasteiger partial charge in [-0.3, -0.25) is 14.4 Å². The van der Waals surface area contributed by atoms with Crippen molar-refractivity contribution in [2.75, 3.05) is 6.61 Å². The molecule has 1 rings (SSSR count). The molecule has 1 aliphatic heterocycles. The predicted octanol–water partition coefficient (Wildman–Crippen LogP) is -0.138. The number of hydrogen-bond donors (Lipinski definition) is 0. The lowest BCUT2D eigenvalue weighted by Crippen LogP contribution is -2.41. The lowest BCUT2D eigenvalue weighted by molar-refractivity contribution is -0.163. The summed E-state index contributed by atoms with van der Waals surface area (Å²) in [5, 5.41) is 0. The van der Waals surface area contributed by atoms with Crippen LogP contribution in [0.4, 0.5) is 0 Å². The zero-order valence-electron chi connectivity index (χ0n) is 10.9. The Bertz CT molecular complexity index is 515. The Balaban J connectivity index is 2.55. The highest BCUT2D eigenvalue weighted by Crippen LogP contribution is 2.04. The molecule has 3 amide bonds. The second-order valence-electron chi connectivity index (χ2n) is 4.78. The maximum absolute atomic E-state index is 11.5. The molecule has 0 saturated carbocycles. The number of hydrogen-bond acceptors (Lipinski definition) is 5. The Labute approximate surface area is 111 Å². The zero-order chi connectivity index (χ0) is 14.6. The Morgan fingerprint density at radius 1 is 1.21 bits per heavy atom. The first-order valence-electron chi connectivity index (χ1n) is 5.49. The highest BCUT2D eigenvalue weighted by molar-refractivity contribution is 6.83. The molecule has 100 valence electrons. The predicted molar refractivity (Wildman–Crippen MR) is 68.1 cm³/mol. The van der Waals surface area contributed by atoms with E-state index < -0.39 is 31.8 Å². The van der Waals surface area contributed by atoms with E-state index in [9.17, 15) is 19.2 Å². The molecule has 0 saturated heterocycles. The van der Waals surface area contributed by atoms with Gasteiger partial charge in [0.25, 0.3) is 11.8 Å². The Kier molecular flexibility index (Phi) is 4.40. The molecule has 0 aromatic carbocycles. The van der Waals surface area contributed by atoms with Crippen LogP contribution >= 0.6 is 0 Å². The van der Waals surface area contributed by atoms with Gasteiger partial charge in [-0.1, -0.05) is 25.6 Å². The lowest BCUT2D eigenvalue weighted by Gasteiger charge is -2.09. The fourth-order valence-corrected chi connectivity index (χ4v) is 1.76. The van der Waals surface area contributed by atoms with Crippen molar-refractivity contribution in [3.05, 3.63) is 12.2 Å². The van der Waals surface area contributed by atoms with Crippen LogP contribution in [0.2, 0.25) is 19.6 Å². The van der Waals surface area contributed by atoms with Crippen molar-refractivity contribution in [3.8, 4) is 11.5 Å². The maximum Gasteiger partial charge on any atom is 0.398 e. The van der Waals surface area contributed by atoms with Crippen LogP contribution in [0.25, 0.3) is 0 Å². The van der Waals surface area contributed by atoms with Crippen molar-refractivity contribution in [2.24, 2.45) is 0 Å². The molecular formula is C12H13NO5Si. The van der Waals surface area contributed by atoms with Gasteiger partial charge in [0.1, 0.15) is 8.07 Å². The molecule has 0 spiro atoms. The first-order valence-corrected chi connectivity index (χ1v) is 8.99. The van der Waals surface area contributed by atoms with E-state index in [0.717, 1.165) is 12.2 Å². The van der Waals surface area contributed by atoms with E-state index in [4.69, 9.17) is 0 Å². The third-order valence-electron chi connectivity index (χ3n) is 1.93.